The lowest BCUT2D eigenvalue weighted by Gasteiger charge is -2.29. The van der Waals surface area contributed by atoms with Crippen molar-refractivity contribution in [1.29, 1.82) is 0 Å². The maximum absolute atomic E-state index is 13.7. The van der Waals surface area contributed by atoms with Crippen LogP contribution in [0.15, 0.2) is 30.3 Å². The second-order valence-electron chi connectivity index (χ2n) is 14.3. The Morgan fingerprint density at radius 2 is 1.41 bits per heavy atom. The van der Waals surface area contributed by atoms with Gasteiger partial charge in [-0.25, -0.2) is 4.79 Å². The molecule has 0 aliphatic carbocycles. The van der Waals surface area contributed by atoms with Gasteiger partial charge in [-0.2, -0.15) is 0 Å². The summed E-state index contributed by atoms with van der Waals surface area (Å²) < 4.78 is 19.1. The van der Waals surface area contributed by atoms with Gasteiger partial charge in [0.2, 0.25) is 31.0 Å². The van der Waals surface area contributed by atoms with Crippen LogP contribution in [0.2, 0.25) is 0 Å². The van der Waals surface area contributed by atoms with Gasteiger partial charge < -0.3 is 30.9 Å². The monoisotopic (exact) mass is 707 g/mol. The second-order valence-corrected chi connectivity index (χ2v) is 17.0. The lowest BCUT2D eigenvalue weighted by Crippen LogP contribution is -2.54. The Kier molecular flexibility index (Phi) is 16.8. The van der Waals surface area contributed by atoms with Crippen molar-refractivity contribution in [2.75, 3.05) is 19.8 Å². The Hall–Kier alpha value is -3.44. The van der Waals surface area contributed by atoms with E-state index in [9.17, 15) is 33.4 Å². The molecule has 5 amide bonds. The molecule has 0 aromatic heterocycles. The minimum absolute atomic E-state index is 0.0129. The summed E-state index contributed by atoms with van der Waals surface area (Å²) >= 11 is 0. The molecule has 1 aliphatic heterocycles. The molecule has 276 valence electrons. The van der Waals surface area contributed by atoms with Gasteiger partial charge in [-0.15, -0.1) is 0 Å². The topological polar surface area (TPSA) is 183 Å². The summed E-state index contributed by atoms with van der Waals surface area (Å²) in [5, 5.41) is 10.7. The van der Waals surface area contributed by atoms with E-state index >= 15 is 0 Å². The highest BCUT2D eigenvalue weighted by atomic mass is 31.2. The normalized spacial score (nSPS) is 18.3. The summed E-state index contributed by atoms with van der Waals surface area (Å²) in [5.41, 5.74) is 0.815. The van der Waals surface area contributed by atoms with Gasteiger partial charge in [-0.3, -0.25) is 28.6 Å². The number of likely N-dealkylation sites (tertiary alicyclic amines) is 1. The standard InChI is InChI=1S/C35H58N5O8P/c1-22(2)17-27(31(41)38-28(18-23(3)4)32(42)36-8)21-49(46,47)25(7)37-33(43)29(19-24(5)6)39-34(44)30-15-12-16-40(30)35(45)48-20-26-13-10-9-11-14-26/h9-11,13-14,22-25,27-30H,12,15-21H2,1-8H3,(H,36,42)(H,37,43)(H,38,41)(H,39,44)(H,46,47)/t25-,27-,28+,29-,30+/m1/s1. The number of hydrogen-bond acceptors (Lipinski definition) is 7. The van der Waals surface area contributed by atoms with Gasteiger partial charge >= 0.3 is 6.09 Å². The number of ether oxygens (including phenoxy) is 1. The SMILES string of the molecule is CNC(=O)[C@H](CC(C)C)NC(=O)[C@H](CC(C)C)CP(=O)(O)[C@H](C)NC(=O)[C@@H](CC(C)C)NC(=O)[C@@H]1CCCN1C(=O)OCc1ccccc1. The van der Waals surface area contributed by atoms with Gasteiger partial charge in [0.15, 0.2) is 0 Å². The van der Waals surface area contributed by atoms with Gasteiger partial charge in [-0.05, 0) is 62.3 Å². The third-order valence-electron chi connectivity index (χ3n) is 8.49. The maximum Gasteiger partial charge on any atom is 0.410 e. The van der Waals surface area contributed by atoms with Crippen LogP contribution in [0.4, 0.5) is 4.79 Å². The maximum atomic E-state index is 13.7. The quantitative estimate of drug-likeness (QED) is 0.142. The average Bonchev–Trinajstić information content (AvgIpc) is 3.52. The number of carbonyl (C=O) groups is 5. The van der Waals surface area contributed by atoms with Gasteiger partial charge in [0.25, 0.3) is 0 Å². The summed E-state index contributed by atoms with van der Waals surface area (Å²) in [6.45, 7) is 13.2. The lowest BCUT2D eigenvalue weighted by atomic mass is 9.96. The Balaban J connectivity index is 2.12. The Morgan fingerprint density at radius 3 is 1.96 bits per heavy atom. The van der Waals surface area contributed by atoms with Gasteiger partial charge in [-0.1, -0.05) is 71.9 Å². The highest BCUT2D eigenvalue weighted by Crippen LogP contribution is 2.47. The lowest BCUT2D eigenvalue weighted by molar-refractivity contribution is -0.131. The molecule has 6 atom stereocenters. The van der Waals surface area contributed by atoms with E-state index in [0.717, 1.165) is 5.56 Å². The van der Waals surface area contributed by atoms with E-state index in [-0.39, 0.29) is 36.7 Å². The highest BCUT2D eigenvalue weighted by Gasteiger charge is 2.39. The third kappa shape index (κ3) is 13.8. The minimum atomic E-state index is -4.17. The van der Waals surface area contributed by atoms with Crippen molar-refractivity contribution in [3.05, 3.63) is 35.9 Å². The molecule has 1 aliphatic rings. The predicted octanol–water partition coefficient (Wildman–Crippen LogP) is 3.99. The zero-order chi connectivity index (χ0) is 36.9. The van der Waals surface area contributed by atoms with Crippen LogP contribution in [0.25, 0.3) is 0 Å². The number of likely N-dealkylation sites (N-methyl/N-ethyl adjacent to an activating group) is 1. The van der Waals surface area contributed by atoms with Crippen LogP contribution in [-0.4, -0.2) is 83.2 Å². The van der Waals surface area contributed by atoms with Gasteiger partial charge in [0, 0.05) is 25.7 Å². The first-order valence-corrected chi connectivity index (χ1v) is 19.3. The van der Waals surface area contributed by atoms with Crippen LogP contribution in [0, 0.1) is 23.7 Å². The smallest absolute Gasteiger partial charge is 0.410 e. The fraction of sp³-hybridized carbons (Fsp3) is 0.686. The minimum Gasteiger partial charge on any atom is -0.445 e. The van der Waals surface area contributed by atoms with Crippen LogP contribution < -0.4 is 21.3 Å². The van der Waals surface area contributed by atoms with Crippen molar-refractivity contribution in [2.45, 2.75) is 111 Å². The zero-order valence-electron chi connectivity index (χ0n) is 30.4. The summed E-state index contributed by atoms with van der Waals surface area (Å²) in [4.78, 5) is 78.2. The largest absolute Gasteiger partial charge is 0.445 e. The van der Waals surface area contributed by atoms with Crippen molar-refractivity contribution in [1.82, 2.24) is 26.2 Å². The fourth-order valence-electron chi connectivity index (χ4n) is 5.91. The van der Waals surface area contributed by atoms with Crippen molar-refractivity contribution in [3.8, 4) is 0 Å². The molecular formula is C35H58N5O8P. The molecule has 0 spiro atoms. The number of nitrogens with one attached hydrogen (secondary N) is 4. The van der Waals surface area contributed by atoms with Crippen LogP contribution >= 0.6 is 7.37 Å². The summed E-state index contributed by atoms with van der Waals surface area (Å²) in [7, 11) is -2.68. The number of benzene rings is 1. The van der Waals surface area contributed by atoms with Crippen LogP contribution in [0.1, 0.15) is 86.1 Å². The van der Waals surface area contributed by atoms with Crippen LogP contribution in [-0.2, 0) is 35.1 Å². The zero-order valence-corrected chi connectivity index (χ0v) is 31.3. The summed E-state index contributed by atoms with van der Waals surface area (Å²) in [6, 6.07) is 6.56. The number of amides is 5. The van der Waals surface area contributed by atoms with E-state index in [1.807, 2.05) is 71.9 Å². The molecule has 0 radical (unpaired) electrons. The molecule has 13 nitrogen and oxygen atoms in total. The first-order chi connectivity index (χ1) is 22.9. The first kappa shape index (κ1) is 41.7. The number of rotatable bonds is 18. The molecule has 0 saturated carbocycles. The average molecular weight is 708 g/mol. The molecule has 49 heavy (non-hydrogen) atoms. The van der Waals surface area contributed by atoms with E-state index in [1.54, 1.807) is 0 Å². The molecule has 1 fully saturated rings. The van der Waals surface area contributed by atoms with Gasteiger partial charge in [0.1, 0.15) is 30.5 Å². The fourth-order valence-corrected chi connectivity index (χ4v) is 7.50. The molecular weight excluding hydrogens is 649 g/mol. The summed E-state index contributed by atoms with van der Waals surface area (Å²) in [5.74, 6) is -3.97. The predicted molar refractivity (Wildman–Crippen MR) is 188 cm³/mol. The molecule has 1 aromatic carbocycles. The summed E-state index contributed by atoms with van der Waals surface area (Å²) in [6.07, 6.45) is 0.936. The molecule has 2 rings (SSSR count). The van der Waals surface area contributed by atoms with Crippen LogP contribution in [0.5, 0.6) is 0 Å². The molecule has 1 saturated heterocycles. The Labute approximate surface area is 291 Å². The molecule has 0 bridgehead atoms. The first-order valence-electron chi connectivity index (χ1n) is 17.4. The van der Waals surface area contributed by atoms with E-state index in [2.05, 4.69) is 21.3 Å². The van der Waals surface area contributed by atoms with Crippen molar-refractivity contribution >= 4 is 37.1 Å². The van der Waals surface area contributed by atoms with E-state index in [4.69, 9.17) is 4.74 Å². The third-order valence-corrected chi connectivity index (χ3v) is 10.8. The molecule has 14 heteroatoms. The second kappa shape index (κ2) is 19.7. The molecule has 1 unspecified atom stereocenters. The van der Waals surface area contributed by atoms with E-state index in [1.165, 1.54) is 18.9 Å². The van der Waals surface area contributed by atoms with Gasteiger partial charge in [0.05, 0.1) is 0 Å². The highest BCUT2D eigenvalue weighted by molar-refractivity contribution is 7.58. The van der Waals surface area contributed by atoms with E-state index < -0.39 is 67.2 Å². The molecule has 5 N–H and O–H groups in total. The van der Waals surface area contributed by atoms with Crippen molar-refractivity contribution in [2.24, 2.45) is 23.7 Å². The molecule has 1 heterocycles. The van der Waals surface area contributed by atoms with Crippen molar-refractivity contribution < 1.29 is 38.2 Å². The molecule has 1 aromatic rings. The number of nitrogens with zero attached hydrogens (tertiary/aromatic N) is 1. The van der Waals surface area contributed by atoms with Crippen LogP contribution in [0.3, 0.4) is 0 Å². The van der Waals surface area contributed by atoms with Crippen molar-refractivity contribution in [3.63, 3.8) is 0 Å². The Bertz CT molecular complexity index is 1310. The van der Waals surface area contributed by atoms with E-state index in [0.29, 0.717) is 32.2 Å². The number of carbonyl (C=O) groups excluding carboxylic acids is 5. The number of hydrogen-bond donors (Lipinski definition) is 5. The Morgan fingerprint density at radius 1 is 0.837 bits per heavy atom.